The number of benzene rings is 1. The summed E-state index contributed by atoms with van der Waals surface area (Å²) in [7, 11) is 0. The number of carbonyl (C=O) groups excluding carboxylic acids is 1. The first-order chi connectivity index (χ1) is 11.9. The maximum Gasteiger partial charge on any atom is 0.257 e. The van der Waals surface area contributed by atoms with Gasteiger partial charge in [0.05, 0.1) is 17.8 Å². The number of pyridine rings is 1. The molecule has 2 heterocycles. The van der Waals surface area contributed by atoms with Gasteiger partial charge in [-0.1, -0.05) is 17.7 Å². The van der Waals surface area contributed by atoms with Crippen molar-refractivity contribution in [3.05, 3.63) is 53.2 Å². The van der Waals surface area contributed by atoms with E-state index in [0.29, 0.717) is 5.56 Å². The van der Waals surface area contributed by atoms with Crippen molar-refractivity contribution in [2.24, 2.45) is 0 Å². The molecule has 25 heavy (non-hydrogen) atoms. The Morgan fingerprint density at radius 1 is 1.16 bits per heavy atom. The molecule has 2 atom stereocenters. The number of amides is 1. The Morgan fingerprint density at radius 2 is 1.88 bits per heavy atom. The number of aromatic nitrogens is 1. The fourth-order valence-electron chi connectivity index (χ4n) is 3.22. The van der Waals surface area contributed by atoms with Crippen LogP contribution in [0, 0.1) is 13.8 Å². The van der Waals surface area contributed by atoms with Gasteiger partial charge in [0.25, 0.3) is 5.91 Å². The lowest BCUT2D eigenvalue weighted by Crippen LogP contribution is -2.45. The molecule has 0 spiro atoms. The topological polar surface area (TPSA) is 54.5 Å². The SMILES string of the molecule is Cc1ccc(NC(=O)c2ccc(N3C[C@@H](C)O[C@@H](C)C3)nc2)c(C)c1. The molecule has 1 saturated heterocycles. The van der Waals surface area contributed by atoms with E-state index >= 15 is 0 Å². The van der Waals surface area contributed by atoms with Crippen LogP contribution in [0.5, 0.6) is 0 Å². The number of rotatable bonds is 3. The van der Waals surface area contributed by atoms with E-state index in [1.165, 1.54) is 5.56 Å². The average molecular weight is 339 g/mol. The summed E-state index contributed by atoms with van der Waals surface area (Å²) in [5.74, 6) is 0.736. The van der Waals surface area contributed by atoms with E-state index in [1.54, 1.807) is 6.20 Å². The lowest BCUT2D eigenvalue weighted by molar-refractivity contribution is -0.00546. The van der Waals surface area contributed by atoms with Crippen LogP contribution in [0.2, 0.25) is 0 Å². The van der Waals surface area contributed by atoms with Gasteiger partial charge in [-0.05, 0) is 51.5 Å². The summed E-state index contributed by atoms with van der Waals surface area (Å²) in [6.45, 7) is 9.78. The number of hydrogen-bond donors (Lipinski definition) is 1. The number of aryl methyl sites for hydroxylation is 2. The summed E-state index contributed by atoms with van der Waals surface area (Å²) in [4.78, 5) is 19.1. The molecule has 5 nitrogen and oxygen atoms in total. The zero-order chi connectivity index (χ0) is 18.0. The smallest absolute Gasteiger partial charge is 0.257 e. The lowest BCUT2D eigenvalue weighted by atomic mass is 10.1. The van der Waals surface area contributed by atoms with Gasteiger partial charge in [0.1, 0.15) is 5.82 Å². The highest BCUT2D eigenvalue weighted by molar-refractivity contribution is 6.04. The van der Waals surface area contributed by atoms with Crippen molar-refractivity contribution in [1.29, 1.82) is 0 Å². The molecule has 0 aliphatic carbocycles. The molecule has 1 aliphatic rings. The molecule has 2 aromatic rings. The number of morpholine rings is 1. The van der Waals surface area contributed by atoms with Gasteiger partial charge in [-0.15, -0.1) is 0 Å². The Bertz CT molecular complexity index is 748. The predicted molar refractivity (Wildman–Crippen MR) is 100 cm³/mol. The highest BCUT2D eigenvalue weighted by atomic mass is 16.5. The number of anilines is 2. The van der Waals surface area contributed by atoms with Gasteiger partial charge < -0.3 is 15.0 Å². The van der Waals surface area contributed by atoms with Crippen LogP contribution in [0.15, 0.2) is 36.5 Å². The van der Waals surface area contributed by atoms with E-state index in [9.17, 15) is 4.79 Å². The van der Waals surface area contributed by atoms with Crippen LogP contribution in [0.3, 0.4) is 0 Å². The molecule has 132 valence electrons. The zero-order valence-corrected chi connectivity index (χ0v) is 15.2. The third-order valence-corrected chi connectivity index (χ3v) is 4.38. The van der Waals surface area contributed by atoms with Gasteiger partial charge in [-0.2, -0.15) is 0 Å². The lowest BCUT2D eigenvalue weighted by Gasteiger charge is -2.36. The van der Waals surface area contributed by atoms with E-state index in [4.69, 9.17) is 4.74 Å². The van der Waals surface area contributed by atoms with Crippen LogP contribution in [0.1, 0.15) is 35.3 Å². The molecule has 1 aromatic carbocycles. The van der Waals surface area contributed by atoms with Gasteiger partial charge in [0, 0.05) is 25.0 Å². The summed E-state index contributed by atoms with van der Waals surface area (Å²) in [6, 6.07) is 9.71. The van der Waals surface area contributed by atoms with Crippen molar-refractivity contribution in [2.45, 2.75) is 39.9 Å². The standard InChI is InChI=1S/C20H25N3O2/c1-13-5-7-18(14(2)9-13)22-20(24)17-6-8-19(21-10-17)23-11-15(3)25-16(4)12-23/h5-10,15-16H,11-12H2,1-4H3,(H,22,24)/t15-,16+. The molecule has 1 aliphatic heterocycles. The summed E-state index contributed by atoms with van der Waals surface area (Å²) in [5.41, 5.74) is 3.61. The minimum atomic E-state index is -0.144. The third kappa shape index (κ3) is 4.17. The van der Waals surface area contributed by atoms with E-state index in [-0.39, 0.29) is 18.1 Å². The normalized spacial score (nSPS) is 20.4. The third-order valence-electron chi connectivity index (χ3n) is 4.38. The number of nitrogens with one attached hydrogen (secondary N) is 1. The maximum absolute atomic E-state index is 12.5. The molecule has 1 N–H and O–H groups in total. The van der Waals surface area contributed by atoms with Gasteiger partial charge >= 0.3 is 0 Å². The van der Waals surface area contributed by atoms with Crippen molar-refractivity contribution in [1.82, 2.24) is 4.98 Å². The molecule has 0 radical (unpaired) electrons. The van der Waals surface area contributed by atoms with Crippen molar-refractivity contribution < 1.29 is 9.53 Å². The van der Waals surface area contributed by atoms with Crippen molar-refractivity contribution >= 4 is 17.4 Å². The molecule has 0 unspecified atom stereocenters. The minimum Gasteiger partial charge on any atom is -0.372 e. The molecule has 0 saturated carbocycles. The van der Waals surface area contributed by atoms with Crippen molar-refractivity contribution in [3.63, 3.8) is 0 Å². The Balaban J connectivity index is 1.70. The monoisotopic (exact) mass is 339 g/mol. The van der Waals surface area contributed by atoms with E-state index in [0.717, 1.165) is 30.2 Å². The predicted octanol–water partition coefficient (Wildman–Crippen LogP) is 3.56. The van der Waals surface area contributed by atoms with Gasteiger partial charge in [0.15, 0.2) is 0 Å². The first-order valence-corrected chi connectivity index (χ1v) is 8.67. The quantitative estimate of drug-likeness (QED) is 0.929. The second-order valence-electron chi connectivity index (χ2n) is 6.84. The highest BCUT2D eigenvalue weighted by Gasteiger charge is 2.23. The van der Waals surface area contributed by atoms with E-state index in [1.807, 2.05) is 38.1 Å². The average Bonchev–Trinajstić information content (AvgIpc) is 2.56. The molecule has 1 fully saturated rings. The second-order valence-corrected chi connectivity index (χ2v) is 6.84. The Hall–Kier alpha value is -2.40. The molecule has 0 bridgehead atoms. The summed E-state index contributed by atoms with van der Waals surface area (Å²) in [5, 5.41) is 2.95. The fraction of sp³-hybridized carbons (Fsp3) is 0.400. The highest BCUT2D eigenvalue weighted by Crippen LogP contribution is 2.20. The molecule has 1 amide bonds. The van der Waals surface area contributed by atoms with E-state index < -0.39 is 0 Å². The summed E-state index contributed by atoms with van der Waals surface area (Å²) in [6.07, 6.45) is 2.00. The number of nitrogens with zero attached hydrogens (tertiary/aromatic N) is 2. The van der Waals surface area contributed by atoms with Crippen LogP contribution < -0.4 is 10.2 Å². The second kappa shape index (κ2) is 7.23. The van der Waals surface area contributed by atoms with Gasteiger partial charge in [-0.3, -0.25) is 4.79 Å². The first kappa shape index (κ1) is 17.4. The minimum absolute atomic E-state index is 0.144. The van der Waals surface area contributed by atoms with E-state index in [2.05, 4.69) is 35.1 Å². The molecule has 5 heteroatoms. The van der Waals surface area contributed by atoms with Crippen LogP contribution in [0.4, 0.5) is 11.5 Å². The Labute approximate surface area is 149 Å². The molecular formula is C20H25N3O2. The van der Waals surface area contributed by atoms with Crippen molar-refractivity contribution in [3.8, 4) is 0 Å². The van der Waals surface area contributed by atoms with Crippen LogP contribution >= 0.6 is 0 Å². The number of ether oxygens (including phenoxy) is 1. The molecule has 3 rings (SSSR count). The zero-order valence-electron chi connectivity index (χ0n) is 15.2. The van der Waals surface area contributed by atoms with Gasteiger partial charge in [0.2, 0.25) is 0 Å². The van der Waals surface area contributed by atoms with Crippen LogP contribution in [-0.2, 0) is 4.74 Å². The van der Waals surface area contributed by atoms with Crippen LogP contribution in [0.25, 0.3) is 0 Å². The Morgan fingerprint density at radius 3 is 2.48 bits per heavy atom. The van der Waals surface area contributed by atoms with Gasteiger partial charge in [-0.25, -0.2) is 4.98 Å². The van der Waals surface area contributed by atoms with Crippen LogP contribution in [-0.4, -0.2) is 36.2 Å². The Kier molecular flexibility index (Phi) is 5.04. The summed E-state index contributed by atoms with van der Waals surface area (Å²) >= 11 is 0. The fourth-order valence-corrected chi connectivity index (χ4v) is 3.22. The number of hydrogen-bond acceptors (Lipinski definition) is 4. The summed E-state index contributed by atoms with van der Waals surface area (Å²) < 4.78 is 5.75. The largest absolute Gasteiger partial charge is 0.372 e. The first-order valence-electron chi connectivity index (χ1n) is 8.67. The molecular weight excluding hydrogens is 314 g/mol. The van der Waals surface area contributed by atoms with Crippen molar-refractivity contribution in [2.75, 3.05) is 23.3 Å². The maximum atomic E-state index is 12.5. The molecule has 1 aromatic heterocycles. The number of carbonyl (C=O) groups is 1.